The molecule has 0 radical (unpaired) electrons. The van der Waals surface area contributed by atoms with Crippen LogP contribution in [0.3, 0.4) is 0 Å². The number of aromatic nitrogens is 1. The summed E-state index contributed by atoms with van der Waals surface area (Å²) < 4.78 is 7.24. The average molecular weight is 418 g/mol. The lowest BCUT2D eigenvalue weighted by Crippen LogP contribution is -2.17. The normalized spacial score (nSPS) is 11.1. The van der Waals surface area contributed by atoms with Crippen molar-refractivity contribution in [3.8, 4) is 5.75 Å². The molecule has 0 spiro atoms. The third-order valence-corrected chi connectivity index (χ3v) is 5.21. The van der Waals surface area contributed by atoms with Gasteiger partial charge in [0.05, 0.1) is 13.3 Å². The maximum atomic E-state index is 12.3. The third kappa shape index (κ3) is 4.21. The number of nitrogens with one attached hydrogen (secondary N) is 1. The van der Waals surface area contributed by atoms with E-state index in [0.29, 0.717) is 17.9 Å². The quantitative estimate of drug-likeness (QED) is 0.350. The number of halogens is 1. The van der Waals surface area contributed by atoms with E-state index in [9.17, 15) is 4.79 Å². The summed E-state index contributed by atoms with van der Waals surface area (Å²) in [6.45, 7) is 0.645. The van der Waals surface area contributed by atoms with Crippen LogP contribution in [0.5, 0.6) is 5.75 Å². The minimum atomic E-state index is -0.284. The van der Waals surface area contributed by atoms with Crippen molar-refractivity contribution < 1.29 is 9.53 Å². The van der Waals surface area contributed by atoms with Crippen molar-refractivity contribution in [2.75, 3.05) is 7.11 Å². The van der Waals surface area contributed by atoms with Crippen molar-refractivity contribution in [1.82, 2.24) is 9.99 Å². The highest BCUT2D eigenvalue weighted by Gasteiger charge is 2.09. The number of nitrogens with zero attached hydrogens (tertiary/aromatic N) is 2. The van der Waals surface area contributed by atoms with Crippen LogP contribution in [-0.4, -0.2) is 23.8 Å². The maximum absolute atomic E-state index is 12.3. The summed E-state index contributed by atoms with van der Waals surface area (Å²) in [5.41, 5.74) is 6.10. The fraction of sp³-hybridized carbons (Fsp3) is 0.0833. The summed E-state index contributed by atoms with van der Waals surface area (Å²) >= 11 is 6.33. The van der Waals surface area contributed by atoms with E-state index in [1.165, 1.54) is 0 Å². The van der Waals surface area contributed by atoms with Crippen LogP contribution in [0, 0.1) is 0 Å². The van der Waals surface area contributed by atoms with Gasteiger partial charge in [-0.3, -0.25) is 4.79 Å². The van der Waals surface area contributed by atoms with Gasteiger partial charge in [0.2, 0.25) is 0 Å². The molecule has 0 saturated carbocycles. The molecule has 150 valence electrons. The van der Waals surface area contributed by atoms with Gasteiger partial charge in [-0.25, -0.2) is 5.43 Å². The smallest absolute Gasteiger partial charge is 0.271 e. The summed E-state index contributed by atoms with van der Waals surface area (Å²) in [4.78, 5) is 12.3. The van der Waals surface area contributed by atoms with Gasteiger partial charge in [0.15, 0.2) is 0 Å². The van der Waals surface area contributed by atoms with Gasteiger partial charge >= 0.3 is 0 Å². The second-order valence-corrected chi connectivity index (χ2v) is 7.16. The van der Waals surface area contributed by atoms with Gasteiger partial charge in [0, 0.05) is 39.8 Å². The molecule has 0 fully saturated rings. The Bertz CT molecular complexity index is 1210. The van der Waals surface area contributed by atoms with E-state index < -0.39 is 0 Å². The summed E-state index contributed by atoms with van der Waals surface area (Å²) in [5, 5.41) is 5.94. The molecule has 1 amide bonds. The Balaban J connectivity index is 1.55. The second kappa shape index (κ2) is 8.84. The highest BCUT2D eigenvalue weighted by Crippen LogP contribution is 2.23. The molecule has 6 heteroatoms. The first kappa shape index (κ1) is 19.7. The van der Waals surface area contributed by atoms with Gasteiger partial charge in [-0.15, -0.1) is 0 Å². The Morgan fingerprint density at radius 1 is 1.07 bits per heavy atom. The molecule has 1 N–H and O–H groups in total. The third-order valence-electron chi connectivity index (χ3n) is 4.84. The number of para-hydroxylation sites is 1. The number of hydrazone groups is 1. The predicted octanol–water partition coefficient (Wildman–Crippen LogP) is 5.12. The number of fused-ring (bicyclic) bond motifs is 1. The van der Waals surface area contributed by atoms with Crippen LogP contribution >= 0.6 is 11.6 Å². The van der Waals surface area contributed by atoms with E-state index in [2.05, 4.69) is 21.2 Å². The first-order valence-electron chi connectivity index (χ1n) is 9.44. The summed E-state index contributed by atoms with van der Waals surface area (Å²) in [7, 11) is 1.58. The van der Waals surface area contributed by atoms with Crippen LogP contribution in [0.15, 0.2) is 84.1 Å². The van der Waals surface area contributed by atoms with Crippen LogP contribution in [0.2, 0.25) is 5.02 Å². The number of carbonyl (C=O) groups excluding carboxylic acids is 1. The lowest BCUT2D eigenvalue weighted by Gasteiger charge is -2.07. The Morgan fingerprint density at radius 2 is 1.80 bits per heavy atom. The summed E-state index contributed by atoms with van der Waals surface area (Å²) in [5.74, 6) is 0.412. The predicted molar refractivity (Wildman–Crippen MR) is 121 cm³/mol. The van der Waals surface area contributed by atoms with Crippen LogP contribution in [0.25, 0.3) is 10.9 Å². The maximum Gasteiger partial charge on any atom is 0.271 e. The molecule has 4 aromatic rings. The van der Waals surface area contributed by atoms with Crippen molar-refractivity contribution in [2.45, 2.75) is 6.54 Å². The number of ether oxygens (including phenoxy) is 1. The SMILES string of the molecule is COc1ccc(C(=O)N/N=C/c2cn(Cc3ccccc3Cl)c3ccccc23)cc1. The first-order valence-corrected chi connectivity index (χ1v) is 9.82. The topological polar surface area (TPSA) is 55.6 Å². The molecule has 0 aliphatic heterocycles. The van der Waals surface area contributed by atoms with Gasteiger partial charge in [0.1, 0.15) is 5.75 Å². The zero-order valence-electron chi connectivity index (χ0n) is 16.4. The zero-order valence-corrected chi connectivity index (χ0v) is 17.1. The Morgan fingerprint density at radius 3 is 2.57 bits per heavy atom. The Hall–Kier alpha value is -3.57. The van der Waals surface area contributed by atoms with E-state index in [4.69, 9.17) is 16.3 Å². The summed E-state index contributed by atoms with van der Waals surface area (Å²) in [6.07, 6.45) is 3.67. The van der Waals surface area contributed by atoms with Crippen molar-refractivity contribution in [3.63, 3.8) is 0 Å². The van der Waals surface area contributed by atoms with Crippen LogP contribution in [0.4, 0.5) is 0 Å². The van der Waals surface area contributed by atoms with Gasteiger partial charge in [-0.05, 0) is 42.0 Å². The van der Waals surface area contributed by atoms with Crippen molar-refractivity contribution in [3.05, 3.63) is 101 Å². The fourth-order valence-electron chi connectivity index (χ4n) is 3.29. The lowest BCUT2D eigenvalue weighted by atomic mass is 10.2. The lowest BCUT2D eigenvalue weighted by molar-refractivity contribution is 0.0955. The van der Waals surface area contributed by atoms with Gasteiger partial charge in [-0.1, -0.05) is 48.0 Å². The van der Waals surface area contributed by atoms with Gasteiger partial charge in [0.25, 0.3) is 5.91 Å². The molecular weight excluding hydrogens is 398 g/mol. The van der Waals surface area contributed by atoms with Crippen LogP contribution in [0.1, 0.15) is 21.5 Å². The molecule has 0 atom stereocenters. The molecule has 0 aliphatic rings. The van der Waals surface area contributed by atoms with Crippen LogP contribution < -0.4 is 10.2 Å². The van der Waals surface area contributed by atoms with E-state index >= 15 is 0 Å². The number of hydrogen-bond acceptors (Lipinski definition) is 3. The van der Waals surface area contributed by atoms with Crippen molar-refractivity contribution >= 4 is 34.6 Å². The highest BCUT2D eigenvalue weighted by molar-refractivity contribution is 6.31. The number of benzene rings is 3. The molecule has 0 unspecified atom stereocenters. The first-order chi connectivity index (χ1) is 14.7. The highest BCUT2D eigenvalue weighted by atomic mass is 35.5. The van der Waals surface area contributed by atoms with Crippen LogP contribution in [-0.2, 0) is 6.54 Å². The minimum Gasteiger partial charge on any atom is -0.497 e. The molecule has 0 aliphatic carbocycles. The standard InChI is InChI=1S/C24H20ClN3O2/c1-30-20-12-10-17(11-13-20)24(29)27-26-14-19-16-28(23-9-5-3-7-21(19)23)15-18-6-2-4-8-22(18)25/h2-14,16H,15H2,1H3,(H,27,29)/b26-14+. The molecule has 30 heavy (non-hydrogen) atoms. The van der Waals surface area contributed by atoms with Gasteiger partial charge in [-0.2, -0.15) is 5.10 Å². The Labute approximate surface area is 179 Å². The molecular formula is C24H20ClN3O2. The van der Waals surface area contributed by atoms with Crippen molar-refractivity contribution in [2.24, 2.45) is 5.10 Å². The fourth-order valence-corrected chi connectivity index (χ4v) is 3.48. The molecule has 0 saturated heterocycles. The monoisotopic (exact) mass is 417 g/mol. The number of methoxy groups -OCH3 is 1. The number of amides is 1. The average Bonchev–Trinajstić information content (AvgIpc) is 3.13. The van der Waals surface area contributed by atoms with E-state index in [1.807, 2.05) is 48.7 Å². The minimum absolute atomic E-state index is 0.284. The van der Waals surface area contributed by atoms with E-state index in [-0.39, 0.29) is 5.91 Å². The number of carbonyl (C=O) groups is 1. The zero-order chi connectivity index (χ0) is 20.9. The largest absolute Gasteiger partial charge is 0.497 e. The molecule has 5 nitrogen and oxygen atoms in total. The number of hydrogen-bond donors (Lipinski definition) is 1. The second-order valence-electron chi connectivity index (χ2n) is 6.75. The van der Waals surface area contributed by atoms with E-state index in [1.54, 1.807) is 37.6 Å². The molecule has 3 aromatic carbocycles. The molecule has 0 bridgehead atoms. The molecule has 1 aromatic heterocycles. The summed E-state index contributed by atoms with van der Waals surface area (Å²) in [6, 6.07) is 22.7. The number of rotatable bonds is 6. The molecule has 4 rings (SSSR count). The van der Waals surface area contributed by atoms with Gasteiger partial charge < -0.3 is 9.30 Å². The molecule has 1 heterocycles. The Kier molecular flexibility index (Phi) is 5.82. The van der Waals surface area contributed by atoms with Crippen molar-refractivity contribution in [1.29, 1.82) is 0 Å². The van der Waals surface area contributed by atoms with E-state index in [0.717, 1.165) is 27.1 Å².